The Kier molecular flexibility index (Phi) is 2.77. The van der Waals surface area contributed by atoms with E-state index in [1.54, 1.807) is 12.4 Å². The van der Waals surface area contributed by atoms with Gasteiger partial charge in [-0.25, -0.2) is 4.98 Å². The number of anilines is 1. The van der Waals surface area contributed by atoms with Crippen molar-refractivity contribution in [2.24, 2.45) is 5.92 Å². The number of amides is 1. The molecular formula is C12H16N4O2. The summed E-state index contributed by atoms with van der Waals surface area (Å²) in [7, 11) is 0. The predicted molar refractivity (Wildman–Crippen MR) is 66.3 cm³/mol. The van der Waals surface area contributed by atoms with Crippen LogP contribution in [0.2, 0.25) is 0 Å². The van der Waals surface area contributed by atoms with E-state index in [9.17, 15) is 9.59 Å². The number of aromatic amines is 1. The van der Waals surface area contributed by atoms with Crippen molar-refractivity contribution in [3.8, 4) is 0 Å². The first-order valence-corrected chi connectivity index (χ1v) is 6.32. The second-order valence-corrected chi connectivity index (χ2v) is 4.95. The molecule has 0 aliphatic carbocycles. The second kappa shape index (κ2) is 4.44. The maximum Gasteiger partial charge on any atom is 0.290 e. The molecule has 1 aromatic rings. The zero-order chi connectivity index (χ0) is 12.5. The van der Waals surface area contributed by atoms with Crippen molar-refractivity contribution in [1.29, 1.82) is 0 Å². The average molecular weight is 248 g/mol. The highest BCUT2D eigenvalue weighted by atomic mass is 16.1. The van der Waals surface area contributed by atoms with Crippen LogP contribution in [-0.2, 0) is 4.79 Å². The Bertz CT molecular complexity index is 513. The van der Waals surface area contributed by atoms with E-state index in [0.717, 1.165) is 25.9 Å². The van der Waals surface area contributed by atoms with Crippen molar-refractivity contribution in [2.75, 3.05) is 18.0 Å². The summed E-state index contributed by atoms with van der Waals surface area (Å²) in [5.74, 6) is 1.08. The maximum atomic E-state index is 11.7. The van der Waals surface area contributed by atoms with Crippen LogP contribution in [-0.4, -0.2) is 35.0 Å². The van der Waals surface area contributed by atoms with E-state index in [4.69, 9.17) is 0 Å². The second-order valence-electron chi connectivity index (χ2n) is 4.95. The fourth-order valence-electron chi connectivity index (χ4n) is 2.87. The first kappa shape index (κ1) is 11.3. The standard InChI is InChI=1S/C12H16N4O2/c17-10-2-1-8-7-16(6-3-9(8)15-10)11-12(18)14-5-4-13-11/h4-5,8-9H,1-3,6-7H2,(H,14,18)(H,15,17). The van der Waals surface area contributed by atoms with Gasteiger partial charge in [-0.2, -0.15) is 0 Å². The van der Waals surface area contributed by atoms with Crippen LogP contribution in [0.1, 0.15) is 19.3 Å². The van der Waals surface area contributed by atoms with Gasteiger partial charge < -0.3 is 15.2 Å². The van der Waals surface area contributed by atoms with Gasteiger partial charge in [0.1, 0.15) is 0 Å². The molecule has 2 unspecified atom stereocenters. The molecule has 18 heavy (non-hydrogen) atoms. The van der Waals surface area contributed by atoms with E-state index in [2.05, 4.69) is 15.3 Å². The number of carbonyl (C=O) groups is 1. The van der Waals surface area contributed by atoms with Crippen LogP contribution in [0.15, 0.2) is 17.2 Å². The number of H-pyrrole nitrogens is 1. The third-order valence-corrected chi connectivity index (χ3v) is 3.81. The summed E-state index contributed by atoms with van der Waals surface area (Å²) in [5.41, 5.74) is -0.143. The van der Waals surface area contributed by atoms with Crippen LogP contribution in [0.3, 0.4) is 0 Å². The Morgan fingerprint density at radius 1 is 1.33 bits per heavy atom. The molecule has 0 bridgehead atoms. The van der Waals surface area contributed by atoms with Crippen molar-refractivity contribution in [3.63, 3.8) is 0 Å². The van der Waals surface area contributed by atoms with Crippen LogP contribution < -0.4 is 15.8 Å². The van der Waals surface area contributed by atoms with Crippen molar-refractivity contribution < 1.29 is 4.79 Å². The smallest absolute Gasteiger partial charge is 0.290 e. The largest absolute Gasteiger partial charge is 0.353 e. The monoisotopic (exact) mass is 248 g/mol. The molecule has 2 saturated heterocycles. The van der Waals surface area contributed by atoms with Crippen LogP contribution in [0.25, 0.3) is 0 Å². The molecule has 0 aromatic carbocycles. The number of nitrogens with zero attached hydrogens (tertiary/aromatic N) is 2. The molecular weight excluding hydrogens is 232 g/mol. The van der Waals surface area contributed by atoms with Gasteiger partial charge in [-0.3, -0.25) is 9.59 Å². The van der Waals surface area contributed by atoms with Gasteiger partial charge in [0.15, 0.2) is 5.82 Å². The number of nitrogens with one attached hydrogen (secondary N) is 2. The molecule has 6 nitrogen and oxygen atoms in total. The zero-order valence-electron chi connectivity index (χ0n) is 10.1. The summed E-state index contributed by atoms with van der Waals surface area (Å²) in [6, 6.07) is 0.269. The summed E-state index contributed by atoms with van der Waals surface area (Å²) in [4.78, 5) is 31.9. The van der Waals surface area contributed by atoms with E-state index < -0.39 is 0 Å². The minimum absolute atomic E-state index is 0.143. The number of hydrogen-bond acceptors (Lipinski definition) is 4. The molecule has 0 radical (unpaired) electrons. The van der Waals surface area contributed by atoms with E-state index in [1.807, 2.05) is 4.90 Å². The predicted octanol–water partition coefficient (Wildman–Crippen LogP) is -0.125. The summed E-state index contributed by atoms with van der Waals surface area (Å²) in [6.45, 7) is 1.56. The molecule has 2 atom stereocenters. The number of piperidine rings is 2. The van der Waals surface area contributed by atoms with Crippen LogP contribution in [0, 0.1) is 5.92 Å². The Labute approximate surface area is 104 Å². The third-order valence-electron chi connectivity index (χ3n) is 3.81. The minimum atomic E-state index is -0.143. The van der Waals surface area contributed by atoms with Gasteiger partial charge >= 0.3 is 0 Å². The summed E-state index contributed by atoms with van der Waals surface area (Å²) in [6.07, 6.45) is 5.52. The minimum Gasteiger partial charge on any atom is -0.353 e. The highest BCUT2D eigenvalue weighted by molar-refractivity contribution is 5.77. The quantitative estimate of drug-likeness (QED) is 0.726. The van der Waals surface area contributed by atoms with Gasteiger partial charge in [0.25, 0.3) is 5.56 Å². The Morgan fingerprint density at radius 2 is 2.22 bits per heavy atom. The van der Waals surface area contributed by atoms with E-state index in [-0.39, 0.29) is 17.5 Å². The Morgan fingerprint density at radius 3 is 3.06 bits per heavy atom. The van der Waals surface area contributed by atoms with Gasteiger partial charge in [0, 0.05) is 37.9 Å². The van der Waals surface area contributed by atoms with Crippen molar-refractivity contribution in [1.82, 2.24) is 15.3 Å². The molecule has 1 aromatic heterocycles. The lowest BCUT2D eigenvalue weighted by Gasteiger charge is -2.41. The van der Waals surface area contributed by atoms with E-state index in [1.165, 1.54) is 0 Å². The maximum absolute atomic E-state index is 11.7. The molecule has 3 heterocycles. The number of rotatable bonds is 1. The number of hydrogen-bond donors (Lipinski definition) is 2. The van der Waals surface area contributed by atoms with Gasteiger partial charge in [-0.05, 0) is 18.8 Å². The van der Waals surface area contributed by atoms with Gasteiger partial charge in [-0.15, -0.1) is 0 Å². The number of carbonyl (C=O) groups excluding carboxylic acids is 1. The molecule has 2 aliphatic heterocycles. The van der Waals surface area contributed by atoms with Crippen LogP contribution in [0.4, 0.5) is 5.82 Å². The highest BCUT2D eigenvalue weighted by Crippen LogP contribution is 2.26. The lowest BCUT2D eigenvalue weighted by atomic mass is 9.85. The molecule has 96 valence electrons. The fraction of sp³-hybridized carbons (Fsp3) is 0.583. The van der Waals surface area contributed by atoms with Crippen molar-refractivity contribution >= 4 is 11.7 Å². The summed E-state index contributed by atoms with van der Waals surface area (Å²) >= 11 is 0. The molecule has 1 amide bonds. The fourth-order valence-corrected chi connectivity index (χ4v) is 2.87. The van der Waals surface area contributed by atoms with Crippen LogP contribution in [0.5, 0.6) is 0 Å². The van der Waals surface area contributed by atoms with Gasteiger partial charge in [0.05, 0.1) is 0 Å². The topological polar surface area (TPSA) is 78.1 Å². The summed E-state index contributed by atoms with van der Waals surface area (Å²) < 4.78 is 0. The molecule has 2 aliphatic rings. The van der Waals surface area contributed by atoms with E-state index in [0.29, 0.717) is 18.2 Å². The van der Waals surface area contributed by atoms with Gasteiger partial charge in [-0.1, -0.05) is 0 Å². The van der Waals surface area contributed by atoms with Gasteiger partial charge in [0.2, 0.25) is 5.91 Å². The average Bonchev–Trinajstić information content (AvgIpc) is 2.39. The SMILES string of the molecule is O=C1CCC2CN(c3ncc[nH]c3=O)CCC2N1. The zero-order valence-corrected chi connectivity index (χ0v) is 10.1. The first-order valence-electron chi connectivity index (χ1n) is 6.32. The molecule has 0 saturated carbocycles. The number of aromatic nitrogens is 2. The summed E-state index contributed by atoms with van der Waals surface area (Å²) in [5, 5.41) is 3.03. The lowest BCUT2D eigenvalue weighted by Crippen LogP contribution is -2.54. The van der Waals surface area contributed by atoms with Crippen molar-refractivity contribution in [3.05, 3.63) is 22.7 Å². The molecule has 2 fully saturated rings. The number of fused-ring (bicyclic) bond motifs is 1. The Hall–Kier alpha value is -1.85. The van der Waals surface area contributed by atoms with E-state index >= 15 is 0 Å². The first-order chi connectivity index (χ1) is 8.74. The molecule has 0 spiro atoms. The molecule has 2 N–H and O–H groups in total. The third kappa shape index (κ3) is 1.98. The lowest BCUT2D eigenvalue weighted by molar-refractivity contribution is -0.124. The molecule has 6 heteroatoms. The normalized spacial score (nSPS) is 27.6. The molecule has 3 rings (SSSR count). The van der Waals surface area contributed by atoms with Crippen molar-refractivity contribution in [2.45, 2.75) is 25.3 Å². The highest BCUT2D eigenvalue weighted by Gasteiger charge is 2.34. The Balaban J connectivity index is 1.77. The van der Waals surface area contributed by atoms with Crippen LogP contribution >= 0.6 is 0 Å².